The normalized spacial score (nSPS) is 18.9. The molecule has 3 rings (SSSR count). The maximum absolute atomic E-state index is 12.2. The topological polar surface area (TPSA) is 56.8 Å². The number of hydrogen-bond acceptors (Lipinski definition) is 5. The molecule has 0 aliphatic carbocycles. The van der Waals surface area contributed by atoms with Gasteiger partial charge in [0.25, 0.3) is 0 Å². The van der Waals surface area contributed by atoms with Crippen LogP contribution in [0.4, 0.5) is 5.69 Å². The molecule has 0 atom stereocenters. The van der Waals surface area contributed by atoms with Gasteiger partial charge in [-0.1, -0.05) is 6.07 Å². The highest BCUT2D eigenvalue weighted by molar-refractivity contribution is 5.95. The van der Waals surface area contributed by atoms with E-state index in [0.717, 1.165) is 25.1 Å². The molecule has 0 spiro atoms. The van der Waals surface area contributed by atoms with E-state index in [4.69, 9.17) is 14.2 Å². The molecule has 0 unspecified atom stereocenters. The zero-order valence-electron chi connectivity index (χ0n) is 10.7. The highest BCUT2D eigenvalue weighted by atomic mass is 16.6. The van der Waals surface area contributed by atoms with Gasteiger partial charge in [0.05, 0.1) is 18.9 Å². The zero-order chi connectivity index (χ0) is 13.1. The third-order valence-corrected chi connectivity index (χ3v) is 3.34. The number of carbonyl (C=O) groups excluding carboxylic acids is 1. The van der Waals surface area contributed by atoms with Crippen molar-refractivity contribution in [2.75, 3.05) is 31.7 Å². The van der Waals surface area contributed by atoms with Gasteiger partial charge in [-0.25, -0.2) is 4.79 Å². The molecule has 0 aromatic heterocycles. The molecule has 1 aromatic carbocycles. The van der Waals surface area contributed by atoms with Crippen LogP contribution in [0.25, 0.3) is 0 Å². The summed E-state index contributed by atoms with van der Waals surface area (Å²) in [6, 6.07) is 5.48. The molecule has 1 N–H and O–H groups in total. The first-order valence-corrected chi connectivity index (χ1v) is 6.63. The molecule has 1 fully saturated rings. The van der Waals surface area contributed by atoms with Crippen molar-refractivity contribution in [1.82, 2.24) is 0 Å². The molecule has 0 radical (unpaired) electrons. The Bertz CT molecular complexity index is 469. The van der Waals surface area contributed by atoms with Gasteiger partial charge in [0, 0.05) is 19.4 Å². The van der Waals surface area contributed by atoms with E-state index in [1.165, 1.54) is 0 Å². The van der Waals surface area contributed by atoms with E-state index >= 15 is 0 Å². The summed E-state index contributed by atoms with van der Waals surface area (Å²) < 4.78 is 16.3. The minimum atomic E-state index is -0.313. The summed E-state index contributed by atoms with van der Waals surface area (Å²) in [7, 11) is 0. The fourth-order valence-corrected chi connectivity index (χ4v) is 2.34. The van der Waals surface area contributed by atoms with Crippen LogP contribution in [0.5, 0.6) is 5.75 Å². The van der Waals surface area contributed by atoms with Crippen molar-refractivity contribution in [3.63, 3.8) is 0 Å². The van der Waals surface area contributed by atoms with Gasteiger partial charge in [0.1, 0.15) is 18.3 Å². The number of carbonyl (C=O) groups is 1. The number of rotatable bonds is 2. The van der Waals surface area contributed by atoms with Crippen molar-refractivity contribution in [3.05, 3.63) is 23.8 Å². The summed E-state index contributed by atoms with van der Waals surface area (Å²) in [4.78, 5) is 12.2. The lowest BCUT2D eigenvalue weighted by molar-refractivity contribution is -0.0161. The largest absolute Gasteiger partial charge is 0.489 e. The second-order valence-corrected chi connectivity index (χ2v) is 4.67. The number of benzene rings is 1. The van der Waals surface area contributed by atoms with E-state index in [1.807, 2.05) is 12.1 Å². The van der Waals surface area contributed by atoms with Crippen LogP contribution in [0, 0.1) is 0 Å². The predicted octanol–water partition coefficient (Wildman–Crippen LogP) is 1.83. The SMILES string of the molecule is O=C(OC1CCOCC1)c1cccc2c1OCCN2. The van der Waals surface area contributed by atoms with Crippen LogP contribution in [0.3, 0.4) is 0 Å². The standard InChI is InChI=1S/C14H17NO4/c16-14(19-10-4-7-17-8-5-10)11-2-1-3-12-13(11)18-9-6-15-12/h1-3,10,15H,4-9H2. The second-order valence-electron chi connectivity index (χ2n) is 4.67. The Balaban J connectivity index is 1.75. The molecule has 0 bridgehead atoms. The minimum absolute atomic E-state index is 0.0475. The van der Waals surface area contributed by atoms with Crippen molar-refractivity contribution >= 4 is 11.7 Å². The molecule has 2 heterocycles. The summed E-state index contributed by atoms with van der Waals surface area (Å²) in [5.74, 6) is 0.290. The van der Waals surface area contributed by atoms with Crippen LogP contribution in [-0.2, 0) is 9.47 Å². The monoisotopic (exact) mass is 263 g/mol. The zero-order valence-corrected chi connectivity index (χ0v) is 10.7. The van der Waals surface area contributed by atoms with Gasteiger partial charge in [-0.3, -0.25) is 0 Å². The Morgan fingerprint density at radius 2 is 2.11 bits per heavy atom. The lowest BCUT2D eigenvalue weighted by atomic mass is 10.1. The summed E-state index contributed by atoms with van der Waals surface area (Å²) in [6.07, 6.45) is 1.48. The number of ether oxygens (including phenoxy) is 3. The predicted molar refractivity (Wildman–Crippen MR) is 69.7 cm³/mol. The maximum Gasteiger partial charge on any atom is 0.342 e. The van der Waals surface area contributed by atoms with Crippen molar-refractivity contribution in [3.8, 4) is 5.75 Å². The summed E-state index contributed by atoms with van der Waals surface area (Å²) >= 11 is 0. The second kappa shape index (κ2) is 5.48. The van der Waals surface area contributed by atoms with Gasteiger partial charge < -0.3 is 19.5 Å². The quantitative estimate of drug-likeness (QED) is 0.825. The van der Waals surface area contributed by atoms with Crippen molar-refractivity contribution < 1.29 is 19.0 Å². The highest BCUT2D eigenvalue weighted by Crippen LogP contribution is 2.32. The summed E-state index contributed by atoms with van der Waals surface area (Å²) in [5.41, 5.74) is 1.35. The van der Waals surface area contributed by atoms with Gasteiger partial charge in [0.15, 0.2) is 5.75 Å². The molecule has 0 amide bonds. The Hall–Kier alpha value is -1.75. The van der Waals surface area contributed by atoms with E-state index in [2.05, 4.69) is 5.32 Å². The van der Waals surface area contributed by atoms with Crippen molar-refractivity contribution in [1.29, 1.82) is 0 Å². The molecular formula is C14H17NO4. The van der Waals surface area contributed by atoms with E-state index in [-0.39, 0.29) is 12.1 Å². The molecule has 5 nitrogen and oxygen atoms in total. The average molecular weight is 263 g/mol. The first-order chi connectivity index (χ1) is 9.34. The van der Waals surface area contributed by atoms with Gasteiger partial charge >= 0.3 is 5.97 Å². The summed E-state index contributed by atoms with van der Waals surface area (Å²) in [5, 5.41) is 3.21. The van der Waals surface area contributed by atoms with E-state index in [0.29, 0.717) is 31.1 Å². The lowest BCUT2D eigenvalue weighted by Crippen LogP contribution is -2.27. The molecule has 19 heavy (non-hydrogen) atoms. The maximum atomic E-state index is 12.2. The van der Waals surface area contributed by atoms with Crippen LogP contribution >= 0.6 is 0 Å². The van der Waals surface area contributed by atoms with Gasteiger partial charge in [0.2, 0.25) is 0 Å². The summed E-state index contributed by atoms with van der Waals surface area (Å²) in [6.45, 7) is 2.63. The third-order valence-electron chi connectivity index (χ3n) is 3.34. The van der Waals surface area contributed by atoms with Crippen LogP contribution in [0.2, 0.25) is 0 Å². The first kappa shape index (κ1) is 12.3. The molecule has 1 saturated heterocycles. The number of anilines is 1. The third kappa shape index (κ3) is 2.66. The first-order valence-electron chi connectivity index (χ1n) is 6.63. The number of esters is 1. The van der Waals surface area contributed by atoms with Gasteiger partial charge in [-0.05, 0) is 12.1 Å². The van der Waals surface area contributed by atoms with Crippen LogP contribution in [0.1, 0.15) is 23.2 Å². The van der Waals surface area contributed by atoms with Crippen LogP contribution in [0.15, 0.2) is 18.2 Å². The Morgan fingerprint density at radius 1 is 1.26 bits per heavy atom. The number of hydrogen-bond donors (Lipinski definition) is 1. The molecule has 102 valence electrons. The fourth-order valence-electron chi connectivity index (χ4n) is 2.34. The Kier molecular flexibility index (Phi) is 3.55. The molecular weight excluding hydrogens is 246 g/mol. The van der Waals surface area contributed by atoms with Crippen LogP contribution < -0.4 is 10.1 Å². The highest BCUT2D eigenvalue weighted by Gasteiger charge is 2.24. The van der Waals surface area contributed by atoms with Crippen molar-refractivity contribution in [2.24, 2.45) is 0 Å². The van der Waals surface area contributed by atoms with Gasteiger partial charge in [-0.15, -0.1) is 0 Å². The molecule has 1 aromatic rings. The average Bonchev–Trinajstić information content (AvgIpc) is 2.47. The molecule has 2 aliphatic heterocycles. The fraction of sp³-hybridized carbons (Fsp3) is 0.500. The number of para-hydroxylation sites is 1. The lowest BCUT2D eigenvalue weighted by Gasteiger charge is -2.24. The van der Waals surface area contributed by atoms with E-state index in [9.17, 15) is 4.79 Å². The Labute approximate surface area is 111 Å². The minimum Gasteiger partial charge on any atom is -0.489 e. The molecule has 5 heteroatoms. The van der Waals surface area contributed by atoms with E-state index < -0.39 is 0 Å². The number of nitrogens with one attached hydrogen (secondary N) is 1. The molecule has 0 saturated carbocycles. The van der Waals surface area contributed by atoms with Crippen LogP contribution in [-0.4, -0.2) is 38.4 Å². The van der Waals surface area contributed by atoms with Gasteiger partial charge in [-0.2, -0.15) is 0 Å². The van der Waals surface area contributed by atoms with Crippen molar-refractivity contribution in [2.45, 2.75) is 18.9 Å². The van der Waals surface area contributed by atoms with E-state index in [1.54, 1.807) is 6.07 Å². The number of fused-ring (bicyclic) bond motifs is 1. The smallest absolute Gasteiger partial charge is 0.342 e. The molecule has 2 aliphatic rings. The Morgan fingerprint density at radius 3 is 2.95 bits per heavy atom.